The fraction of sp³-hybridized carbons (Fsp3) is 0.273. The molecule has 0 aliphatic heterocycles. The van der Waals surface area contributed by atoms with Crippen LogP contribution >= 0.6 is 0 Å². The summed E-state index contributed by atoms with van der Waals surface area (Å²) in [5.74, 6) is -0.412. The summed E-state index contributed by atoms with van der Waals surface area (Å²) in [6, 6.07) is 17.8. The molecule has 2 aromatic carbocycles. The van der Waals surface area contributed by atoms with E-state index in [1.165, 1.54) is 17.3 Å². The highest BCUT2D eigenvalue weighted by Gasteiger charge is 2.09. The molecule has 26 heavy (non-hydrogen) atoms. The number of hydrogen-bond acceptors (Lipinski definition) is 3. The number of benzene rings is 2. The van der Waals surface area contributed by atoms with Crippen LogP contribution in [-0.4, -0.2) is 5.91 Å². The lowest BCUT2D eigenvalue weighted by atomic mass is 10.1. The highest BCUT2D eigenvalue weighted by Crippen LogP contribution is 2.13. The van der Waals surface area contributed by atoms with Gasteiger partial charge in [0.15, 0.2) is 0 Å². The maximum atomic E-state index is 12.3. The van der Waals surface area contributed by atoms with Crippen LogP contribution in [0.15, 0.2) is 60.3 Å². The van der Waals surface area contributed by atoms with E-state index < -0.39 is 5.91 Å². The summed E-state index contributed by atoms with van der Waals surface area (Å²) in [7, 11) is 0. The second-order valence-corrected chi connectivity index (χ2v) is 6.29. The van der Waals surface area contributed by atoms with Gasteiger partial charge < -0.3 is 10.6 Å². The average molecular weight is 347 g/mol. The van der Waals surface area contributed by atoms with Gasteiger partial charge >= 0.3 is 0 Å². The van der Waals surface area contributed by atoms with Gasteiger partial charge in [-0.05, 0) is 43.0 Å². The molecule has 4 heteroatoms. The van der Waals surface area contributed by atoms with Gasteiger partial charge in [0.25, 0.3) is 5.91 Å². The van der Waals surface area contributed by atoms with E-state index in [0.29, 0.717) is 12.2 Å². The lowest BCUT2D eigenvalue weighted by molar-refractivity contribution is -0.112. The summed E-state index contributed by atoms with van der Waals surface area (Å²) in [6.45, 7) is 4.75. The minimum absolute atomic E-state index is 0.0488. The van der Waals surface area contributed by atoms with Crippen molar-refractivity contribution in [3.05, 3.63) is 77.0 Å². The maximum absolute atomic E-state index is 12.3. The predicted octanol–water partition coefficient (Wildman–Crippen LogP) is 4.47. The zero-order valence-electron chi connectivity index (χ0n) is 15.4. The van der Waals surface area contributed by atoms with E-state index in [4.69, 9.17) is 0 Å². The van der Waals surface area contributed by atoms with Gasteiger partial charge in [-0.3, -0.25) is 4.79 Å². The number of nitrogens with zero attached hydrogens (tertiary/aromatic N) is 1. The van der Waals surface area contributed by atoms with Crippen LogP contribution < -0.4 is 10.6 Å². The van der Waals surface area contributed by atoms with Crippen LogP contribution in [0.3, 0.4) is 0 Å². The fourth-order valence-electron chi connectivity index (χ4n) is 2.58. The number of hydrogen-bond donors (Lipinski definition) is 2. The summed E-state index contributed by atoms with van der Waals surface area (Å²) in [5.41, 5.74) is 4.26. The second-order valence-electron chi connectivity index (χ2n) is 6.29. The number of carbonyl (C=O) groups is 1. The number of nitriles is 1. The van der Waals surface area contributed by atoms with E-state index in [2.05, 4.69) is 23.6 Å². The average Bonchev–Trinajstić information content (AvgIpc) is 2.64. The van der Waals surface area contributed by atoms with Crippen molar-refractivity contribution in [1.29, 1.82) is 5.26 Å². The first kappa shape index (κ1) is 19.3. The van der Waals surface area contributed by atoms with Gasteiger partial charge in [-0.25, -0.2) is 0 Å². The van der Waals surface area contributed by atoms with Crippen LogP contribution in [-0.2, 0) is 17.8 Å². The van der Waals surface area contributed by atoms with Crippen molar-refractivity contribution >= 4 is 11.6 Å². The lowest BCUT2D eigenvalue weighted by Gasteiger charge is -2.07. The second kappa shape index (κ2) is 10.0. The Morgan fingerprint density at radius 2 is 1.92 bits per heavy atom. The Balaban J connectivity index is 1.92. The normalized spacial score (nSPS) is 10.9. The molecule has 2 aromatic rings. The molecule has 0 aliphatic rings. The standard InChI is InChI=1S/C22H25N3O/c1-3-4-7-18-9-11-21(12-10-18)25-22(26)20(14-23)16-24-15-19-8-5-6-17(2)13-19/h5-6,8-13,16,24H,3-4,7,15H2,1-2H3,(H,25,26)/b20-16-. The van der Waals surface area contributed by atoms with Gasteiger partial charge in [-0.15, -0.1) is 0 Å². The third kappa shape index (κ3) is 6.10. The first-order valence-electron chi connectivity index (χ1n) is 8.92. The summed E-state index contributed by atoms with van der Waals surface area (Å²) in [5, 5.41) is 15.0. The zero-order chi connectivity index (χ0) is 18.8. The molecule has 0 saturated carbocycles. The predicted molar refractivity (Wildman–Crippen MR) is 105 cm³/mol. The molecule has 0 atom stereocenters. The largest absolute Gasteiger partial charge is 0.386 e. The van der Waals surface area contributed by atoms with Gasteiger partial charge in [-0.2, -0.15) is 5.26 Å². The van der Waals surface area contributed by atoms with E-state index in [1.807, 2.05) is 55.5 Å². The van der Waals surface area contributed by atoms with Crippen LogP contribution in [0.2, 0.25) is 0 Å². The van der Waals surface area contributed by atoms with Crippen molar-refractivity contribution < 1.29 is 4.79 Å². The van der Waals surface area contributed by atoms with Crippen LogP contribution in [0.1, 0.15) is 36.5 Å². The molecular weight excluding hydrogens is 322 g/mol. The van der Waals surface area contributed by atoms with Crippen molar-refractivity contribution in [2.75, 3.05) is 5.32 Å². The van der Waals surface area contributed by atoms with Crippen molar-refractivity contribution in [2.45, 2.75) is 39.7 Å². The summed E-state index contributed by atoms with van der Waals surface area (Å²) in [4.78, 5) is 12.3. The number of nitrogens with one attached hydrogen (secondary N) is 2. The Hall–Kier alpha value is -3.06. The zero-order valence-corrected chi connectivity index (χ0v) is 15.4. The monoisotopic (exact) mass is 347 g/mol. The van der Waals surface area contributed by atoms with Crippen LogP contribution in [0.5, 0.6) is 0 Å². The molecule has 0 fully saturated rings. The Morgan fingerprint density at radius 1 is 1.15 bits per heavy atom. The van der Waals surface area contributed by atoms with Crippen molar-refractivity contribution in [2.24, 2.45) is 0 Å². The van der Waals surface area contributed by atoms with Gasteiger partial charge in [0.1, 0.15) is 11.6 Å². The molecule has 2 rings (SSSR count). The van der Waals surface area contributed by atoms with Gasteiger partial charge in [0, 0.05) is 18.4 Å². The SMILES string of the molecule is CCCCc1ccc(NC(=O)/C(C#N)=C\NCc2cccc(C)c2)cc1. The van der Waals surface area contributed by atoms with Gasteiger partial charge in [-0.1, -0.05) is 55.3 Å². The first-order chi connectivity index (χ1) is 12.6. The highest BCUT2D eigenvalue weighted by atomic mass is 16.1. The Bertz CT molecular complexity index is 801. The molecule has 0 spiro atoms. The first-order valence-corrected chi connectivity index (χ1v) is 8.92. The molecule has 134 valence electrons. The number of anilines is 1. The number of amides is 1. The Labute approximate surface area is 155 Å². The topological polar surface area (TPSA) is 64.9 Å². The van der Waals surface area contributed by atoms with Crippen molar-refractivity contribution in [3.8, 4) is 6.07 Å². The number of rotatable bonds is 8. The van der Waals surface area contributed by atoms with Crippen LogP contribution in [0, 0.1) is 18.3 Å². The third-order valence-corrected chi connectivity index (χ3v) is 4.03. The summed E-state index contributed by atoms with van der Waals surface area (Å²) >= 11 is 0. The molecule has 1 amide bonds. The number of carbonyl (C=O) groups excluding carboxylic acids is 1. The molecular formula is C22H25N3O. The minimum atomic E-state index is -0.412. The maximum Gasteiger partial charge on any atom is 0.267 e. The molecule has 2 N–H and O–H groups in total. The molecule has 0 unspecified atom stereocenters. The quantitative estimate of drug-likeness (QED) is 0.547. The van der Waals surface area contributed by atoms with E-state index >= 15 is 0 Å². The molecule has 0 aliphatic carbocycles. The third-order valence-electron chi connectivity index (χ3n) is 4.03. The van der Waals surface area contributed by atoms with E-state index in [9.17, 15) is 10.1 Å². The molecule has 4 nitrogen and oxygen atoms in total. The van der Waals surface area contributed by atoms with Crippen LogP contribution in [0.25, 0.3) is 0 Å². The Kier molecular flexibility index (Phi) is 7.45. The number of aryl methyl sites for hydroxylation is 2. The van der Waals surface area contributed by atoms with Crippen molar-refractivity contribution in [3.63, 3.8) is 0 Å². The van der Waals surface area contributed by atoms with E-state index in [0.717, 1.165) is 24.8 Å². The minimum Gasteiger partial charge on any atom is -0.386 e. The molecule has 0 saturated heterocycles. The summed E-state index contributed by atoms with van der Waals surface area (Å²) < 4.78 is 0. The molecule has 0 heterocycles. The highest BCUT2D eigenvalue weighted by molar-refractivity contribution is 6.06. The van der Waals surface area contributed by atoms with Gasteiger partial charge in [0.2, 0.25) is 0 Å². The van der Waals surface area contributed by atoms with Gasteiger partial charge in [0.05, 0.1) is 0 Å². The smallest absolute Gasteiger partial charge is 0.267 e. The van der Waals surface area contributed by atoms with Crippen LogP contribution in [0.4, 0.5) is 5.69 Å². The molecule has 0 aromatic heterocycles. The number of unbranched alkanes of at least 4 members (excludes halogenated alkanes) is 1. The van der Waals surface area contributed by atoms with E-state index in [-0.39, 0.29) is 5.57 Å². The van der Waals surface area contributed by atoms with Crippen molar-refractivity contribution in [1.82, 2.24) is 5.32 Å². The fourth-order valence-corrected chi connectivity index (χ4v) is 2.58. The van der Waals surface area contributed by atoms with E-state index in [1.54, 1.807) is 0 Å². The summed E-state index contributed by atoms with van der Waals surface area (Å²) in [6.07, 6.45) is 4.81. The molecule has 0 radical (unpaired) electrons. The lowest BCUT2D eigenvalue weighted by Crippen LogP contribution is -2.16. The molecule has 0 bridgehead atoms. The Morgan fingerprint density at radius 3 is 2.58 bits per heavy atom.